The normalized spacial score (nSPS) is 10.2. The Bertz CT molecular complexity index is 735. The molecule has 0 unspecified atom stereocenters. The van der Waals surface area contributed by atoms with Crippen molar-refractivity contribution < 1.29 is 14.3 Å². The highest BCUT2D eigenvalue weighted by atomic mass is 35.5. The van der Waals surface area contributed by atoms with Crippen LogP contribution >= 0.6 is 11.6 Å². The Balaban J connectivity index is 1.78. The maximum atomic E-state index is 12.0. The summed E-state index contributed by atoms with van der Waals surface area (Å²) in [5.41, 5.74) is 2.88. The largest absolute Gasteiger partial charge is 0.493 e. The van der Waals surface area contributed by atoms with Crippen molar-refractivity contribution in [2.24, 2.45) is 0 Å². The van der Waals surface area contributed by atoms with E-state index in [-0.39, 0.29) is 5.91 Å². The summed E-state index contributed by atoms with van der Waals surface area (Å²) in [6, 6.07) is 11.3. The molecule has 0 heterocycles. The molecule has 25 heavy (non-hydrogen) atoms. The zero-order valence-electron chi connectivity index (χ0n) is 14.7. The van der Waals surface area contributed by atoms with Crippen LogP contribution < -0.4 is 20.1 Å². The Kier molecular flexibility index (Phi) is 6.95. The van der Waals surface area contributed by atoms with E-state index in [1.54, 1.807) is 14.2 Å². The average molecular weight is 363 g/mol. The lowest BCUT2D eigenvalue weighted by Gasteiger charge is -2.11. The van der Waals surface area contributed by atoms with E-state index in [1.165, 1.54) is 0 Å². The van der Waals surface area contributed by atoms with Crippen molar-refractivity contribution in [2.75, 3.05) is 26.1 Å². The first-order valence-corrected chi connectivity index (χ1v) is 8.39. The molecule has 0 bridgehead atoms. The second-order valence-corrected chi connectivity index (χ2v) is 6.01. The van der Waals surface area contributed by atoms with E-state index < -0.39 is 0 Å². The first-order valence-electron chi connectivity index (χ1n) is 8.01. The molecular formula is C19H23ClN2O3. The van der Waals surface area contributed by atoms with Gasteiger partial charge in [0.2, 0.25) is 5.91 Å². The number of hydrogen-bond donors (Lipinski definition) is 2. The lowest BCUT2D eigenvalue weighted by molar-refractivity contribution is -0.121. The highest BCUT2D eigenvalue weighted by Gasteiger charge is 2.06. The number of amides is 1. The Hall–Kier alpha value is -2.40. The van der Waals surface area contributed by atoms with Crippen LogP contribution in [-0.4, -0.2) is 26.7 Å². The van der Waals surface area contributed by atoms with Crippen LogP contribution in [0.15, 0.2) is 36.4 Å². The van der Waals surface area contributed by atoms with Crippen LogP contribution in [0.5, 0.6) is 11.5 Å². The van der Waals surface area contributed by atoms with Gasteiger partial charge in [-0.1, -0.05) is 23.7 Å². The molecule has 0 saturated carbocycles. The van der Waals surface area contributed by atoms with Gasteiger partial charge in [-0.3, -0.25) is 4.79 Å². The SMILES string of the molecule is COc1ccc(CNC(=O)CCNc2ccc(C)c(Cl)c2)cc1OC. The number of carbonyl (C=O) groups excluding carboxylic acids is 1. The maximum absolute atomic E-state index is 12.0. The first kappa shape index (κ1) is 18.9. The van der Waals surface area contributed by atoms with Crippen LogP contribution in [0.2, 0.25) is 5.02 Å². The van der Waals surface area contributed by atoms with Gasteiger partial charge in [-0.25, -0.2) is 0 Å². The summed E-state index contributed by atoms with van der Waals surface area (Å²) < 4.78 is 10.5. The molecule has 0 aliphatic rings. The molecule has 0 atom stereocenters. The van der Waals surface area contributed by atoms with E-state index in [2.05, 4.69) is 10.6 Å². The predicted octanol–water partition coefficient (Wildman–Crippen LogP) is 3.78. The Morgan fingerprint density at radius 2 is 1.84 bits per heavy atom. The van der Waals surface area contributed by atoms with E-state index in [1.807, 2.05) is 43.3 Å². The number of carbonyl (C=O) groups is 1. The Morgan fingerprint density at radius 3 is 2.52 bits per heavy atom. The molecule has 0 aliphatic heterocycles. The van der Waals surface area contributed by atoms with Crippen molar-refractivity contribution >= 4 is 23.2 Å². The molecule has 6 heteroatoms. The molecule has 2 rings (SSSR count). The number of nitrogens with one attached hydrogen (secondary N) is 2. The molecule has 0 saturated heterocycles. The fourth-order valence-corrected chi connectivity index (χ4v) is 2.48. The fourth-order valence-electron chi connectivity index (χ4n) is 2.30. The average Bonchev–Trinajstić information content (AvgIpc) is 2.62. The third kappa shape index (κ3) is 5.57. The maximum Gasteiger partial charge on any atom is 0.222 e. The Morgan fingerprint density at radius 1 is 1.08 bits per heavy atom. The zero-order valence-corrected chi connectivity index (χ0v) is 15.4. The third-order valence-electron chi connectivity index (χ3n) is 3.79. The summed E-state index contributed by atoms with van der Waals surface area (Å²) in [5, 5.41) is 6.80. The number of methoxy groups -OCH3 is 2. The summed E-state index contributed by atoms with van der Waals surface area (Å²) in [4.78, 5) is 12.0. The summed E-state index contributed by atoms with van der Waals surface area (Å²) in [5.74, 6) is 1.28. The van der Waals surface area contributed by atoms with Crippen LogP contribution in [0.3, 0.4) is 0 Å². The monoisotopic (exact) mass is 362 g/mol. The van der Waals surface area contributed by atoms with Crippen molar-refractivity contribution in [1.29, 1.82) is 0 Å². The van der Waals surface area contributed by atoms with Crippen molar-refractivity contribution in [1.82, 2.24) is 5.32 Å². The van der Waals surface area contributed by atoms with Crippen molar-refractivity contribution in [3.05, 3.63) is 52.5 Å². The van der Waals surface area contributed by atoms with E-state index >= 15 is 0 Å². The minimum atomic E-state index is -0.0273. The van der Waals surface area contributed by atoms with Crippen LogP contribution in [0, 0.1) is 6.92 Å². The second kappa shape index (κ2) is 9.18. The molecule has 5 nitrogen and oxygen atoms in total. The minimum absolute atomic E-state index is 0.0273. The number of halogens is 1. The molecule has 2 aromatic carbocycles. The molecule has 134 valence electrons. The predicted molar refractivity (Wildman–Crippen MR) is 101 cm³/mol. The number of aryl methyl sites for hydroxylation is 1. The number of benzene rings is 2. The van der Waals surface area contributed by atoms with Crippen molar-refractivity contribution in [2.45, 2.75) is 19.9 Å². The topological polar surface area (TPSA) is 59.6 Å². The van der Waals surface area contributed by atoms with Gasteiger partial charge in [0.15, 0.2) is 11.5 Å². The number of rotatable bonds is 8. The third-order valence-corrected chi connectivity index (χ3v) is 4.20. The van der Waals surface area contributed by atoms with Gasteiger partial charge in [0.05, 0.1) is 14.2 Å². The summed E-state index contributed by atoms with van der Waals surface area (Å²) in [6.07, 6.45) is 0.374. The molecule has 0 fully saturated rings. The van der Waals surface area contributed by atoms with Gasteiger partial charge in [-0.2, -0.15) is 0 Å². The van der Waals surface area contributed by atoms with E-state index in [9.17, 15) is 4.79 Å². The summed E-state index contributed by atoms with van der Waals surface area (Å²) in [6.45, 7) is 2.93. The van der Waals surface area contributed by atoms with Crippen LogP contribution in [0.1, 0.15) is 17.5 Å². The van der Waals surface area contributed by atoms with Gasteiger partial charge in [-0.15, -0.1) is 0 Å². The molecule has 0 aromatic heterocycles. The molecule has 1 amide bonds. The van der Waals surface area contributed by atoms with Gasteiger partial charge < -0.3 is 20.1 Å². The van der Waals surface area contributed by atoms with Gasteiger partial charge in [0.1, 0.15) is 0 Å². The van der Waals surface area contributed by atoms with Crippen LogP contribution in [0.25, 0.3) is 0 Å². The fraction of sp³-hybridized carbons (Fsp3) is 0.316. The van der Waals surface area contributed by atoms with E-state index in [4.69, 9.17) is 21.1 Å². The van der Waals surface area contributed by atoms with E-state index in [0.717, 1.165) is 16.8 Å². The Labute approximate surface area is 153 Å². The lowest BCUT2D eigenvalue weighted by atomic mass is 10.2. The quantitative estimate of drug-likeness (QED) is 0.750. The molecule has 0 spiro atoms. The molecular weight excluding hydrogens is 340 g/mol. The standard InChI is InChI=1S/C19H23ClN2O3/c1-13-4-6-15(11-16(13)20)21-9-8-19(23)22-12-14-5-7-17(24-2)18(10-14)25-3/h4-7,10-11,21H,8-9,12H2,1-3H3,(H,22,23). The van der Waals surface area contributed by atoms with Gasteiger partial charge in [-0.05, 0) is 42.3 Å². The summed E-state index contributed by atoms with van der Waals surface area (Å²) >= 11 is 6.08. The number of hydrogen-bond acceptors (Lipinski definition) is 4. The van der Waals surface area contributed by atoms with Gasteiger partial charge in [0.25, 0.3) is 0 Å². The smallest absolute Gasteiger partial charge is 0.222 e. The minimum Gasteiger partial charge on any atom is -0.493 e. The number of ether oxygens (including phenoxy) is 2. The van der Waals surface area contributed by atoms with Crippen molar-refractivity contribution in [3.63, 3.8) is 0 Å². The molecule has 0 radical (unpaired) electrons. The van der Waals surface area contributed by atoms with Crippen LogP contribution in [0.4, 0.5) is 5.69 Å². The molecule has 2 aromatic rings. The summed E-state index contributed by atoms with van der Waals surface area (Å²) in [7, 11) is 3.18. The highest BCUT2D eigenvalue weighted by molar-refractivity contribution is 6.31. The van der Waals surface area contributed by atoms with Crippen LogP contribution in [-0.2, 0) is 11.3 Å². The molecule has 0 aliphatic carbocycles. The van der Waals surface area contributed by atoms with Gasteiger partial charge >= 0.3 is 0 Å². The first-order chi connectivity index (χ1) is 12.0. The molecule has 2 N–H and O–H groups in total. The zero-order chi connectivity index (χ0) is 18.2. The lowest BCUT2D eigenvalue weighted by Crippen LogP contribution is -2.24. The van der Waals surface area contributed by atoms with Gasteiger partial charge in [0, 0.05) is 30.2 Å². The second-order valence-electron chi connectivity index (χ2n) is 5.61. The van der Waals surface area contributed by atoms with Crippen molar-refractivity contribution in [3.8, 4) is 11.5 Å². The highest BCUT2D eigenvalue weighted by Crippen LogP contribution is 2.27. The van der Waals surface area contributed by atoms with E-state index in [0.29, 0.717) is 36.0 Å². The number of anilines is 1.